The first-order valence-corrected chi connectivity index (χ1v) is 11.3. The number of rotatable bonds is 9. The molecule has 0 unspecified atom stereocenters. The quantitative estimate of drug-likeness (QED) is 0.512. The van der Waals surface area contributed by atoms with Gasteiger partial charge < -0.3 is 15.4 Å². The van der Waals surface area contributed by atoms with E-state index in [0.717, 1.165) is 76.6 Å². The maximum atomic E-state index is 13.4. The fourth-order valence-corrected chi connectivity index (χ4v) is 4.27. The summed E-state index contributed by atoms with van der Waals surface area (Å²) >= 11 is 0. The number of anilines is 2. The van der Waals surface area contributed by atoms with Crippen molar-refractivity contribution in [3.05, 3.63) is 58.7 Å². The standard InChI is InChI=1S/C25H31N3O3/c1-2-3-11-26-20-9-10-21(27-12-6-13-28-14-16-31-17-15-28)23-22(20)24(29)18-7-4-5-8-19(18)25(23)30/h4-5,7-10,26-27H,2-3,6,11-17H2,1H3. The van der Waals surface area contributed by atoms with E-state index < -0.39 is 0 Å². The van der Waals surface area contributed by atoms with Crippen LogP contribution in [0.3, 0.4) is 0 Å². The van der Waals surface area contributed by atoms with Crippen molar-refractivity contribution < 1.29 is 14.3 Å². The highest BCUT2D eigenvalue weighted by atomic mass is 16.5. The molecule has 1 fully saturated rings. The SMILES string of the molecule is CCCCNc1ccc(NCCCN2CCOCC2)c2c1C(=O)c1ccccc1C2=O. The Morgan fingerprint density at radius 2 is 1.39 bits per heavy atom. The first-order valence-electron chi connectivity index (χ1n) is 11.3. The fraction of sp³-hybridized carbons (Fsp3) is 0.440. The highest BCUT2D eigenvalue weighted by Gasteiger charge is 2.33. The van der Waals surface area contributed by atoms with Crippen LogP contribution in [0, 0.1) is 0 Å². The highest BCUT2D eigenvalue weighted by Crippen LogP contribution is 2.36. The molecule has 2 aliphatic rings. The maximum Gasteiger partial charge on any atom is 0.196 e. The molecule has 4 rings (SSSR count). The minimum absolute atomic E-state index is 0.0823. The Kier molecular flexibility index (Phi) is 6.99. The number of benzene rings is 2. The summed E-state index contributed by atoms with van der Waals surface area (Å²) in [5, 5.41) is 6.80. The molecule has 2 N–H and O–H groups in total. The first-order chi connectivity index (χ1) is 15.2. The van der Waals surface area contributed by atoms with Gasteiger partial charge in [0.15, 0.2) is 11.6 Å². The Morgan fingerprint density at radius 3 is 1.94 bits per heavy atom. The Labute approximate surface area is 184 Å². The van der Waals surface area contributed by atoms with Crippen LogP contribution >= 0.6 is 0 Å². The van der Waals surface area contributed by atoms with Crippen molar-refractivity contribution in [3.8, 4) is 0 Å². The lowest BCUT2D eigenvalue weighted by atomic mass is 9.82. The number of ether oxygens (including phenoxy) is 1. The summed E-state index contributed by atoms with van der Waals surface area (Å²) in [4.78, 5) is 29.1. The zero-order valence-corrected chi connectivity index (χ0v) is 18.2. The predicted octanol–water partition coefficient (Wildman–Crippen LogP) is 3.81. The predicted molar refractivity (Wildman–Crippen MR) is 124 cm³/mol. The summed E-state index contributed by atoms with van der Waals surface area (Å²) in [6.07, 6.45) is 3.03. The summed E-state index contributed by atoms with van der Waals surface area (Å²) in [7, 11) is 0. The molecule has 1 aliphatic carbocycles. The van der Waals surface area contributed by atoms with Crippen LogP contribution < -0.4 is 10.6 Å². The molecule has 164 valence electrons. The van der Waals surface area contributed by atoms with Crippen molar-refractivity contribution in [3.63, 3.8) is 0 Å². The number of morpholine rings is 1. The van der Waals surface area contributed by atoms with Crippen LogP contribution in [0.1, 0.15) is 58.0 Å². The van der Waals surface area contributed by atoms with Gasteiger partial charge in [-0.3, -0.25) is 14.5 Å². The van der Waals surface area contributed by atoms with E-state index in [0.29, 0.717) is 22.3 Å². The van der Waals surface area contributed by atoms with E-state index in [9.17, 15) is 9.59 Å². The highest BCUT2D eigenvalue weighted by molar-refractivity contribution is 6.31. The lowest BCUT2D eigenvalue weighted by molar-refractivity contribution is 0.0378. The number of carbonyl (C=O) groups excluding carboxylic acids is 2. The summed E-state index contributed by atoms with van der Waals surface area (Å²) in [5.74, 6) is -0.166. The molecular formula is C25H31N3O3. The summed E-state index contributed by atoms with van der Waals surface area (Å²) in [6, 6.07) is 11.0. The molecule has 31 heavy (non-hydrogen) atoms. The van der Waals surface area contributed by atoms with E-state index in [1.807, 2.05) is 24.3 Å². The minimum Gasteiger partial charge on any atom is -0.384 e. The average Bonchev–Trinajstić information content (AvgIpc) is 2.81. The molecule has 0 bridgehead atoms. The molecule has 2 aromatic carbocycles. The molecular weight excluding hydrogens is 390 g/mol. The van der Waals surface area contributed by atoms with E-state index in [-0.39, 0.29) is 11.6 Å². The number of nitrogens with zero attached hydrogens (tertiary/aromatic N) is 1. The molecule has 0 spiro atoms. The smallest absolute Gasteiger partial charge is 0.196 e. The number of unbranched alkanes of at least 4 members (excludes halogenated alkanes) is 1. The van der Waals surface area contributed by atoms with Gasteiger partial charge in [-0.2, -0.15) is 0 Å². The van der Waals surface area contributed by atoms with Crippen molar-refractivity contribution in [2.45, 2.75) is 26.2 Å². The van der Waals surface area contributed by atoms with E-state index in [1.165, 1.54) is 0 Å². The molecule has 6 heteroatoms. The molecule has 0 amide bonds. The molecule has 0 atom stereocenters. The number of hydrogen-bond acceptors (Lipinski definition) is 6. The second kappa shape index (κ2) is 10.1. The Balaban J connectivity index is 1.56. The van der Waals surface area contributed by atoms with E-state index in [4.69, 9.17) is 4.74 Å². The molecule has 2 aromatic rings. The van der Waals surface area contributed by atoms with Crippen molar-refractivity contribution in [1.29, 1.82) is 0 Å². The molecule has 0 aromatic heterocycles. The Morgan fingerprint density at radius 1 is 0.839 bits per heavy atom. The normalized spacial score (nSPS) is 16.0. The van der Waals surface area contributed by atoms with Crippen molar-refractivity contribution in [2.24, 2.45) is 0 Å². The van der Waals surface area contributed by atoms with Crippen molar-refractivity contribution >= 4 is 22.9 Å². The lowest BCUT2D eigenvalue weighted by Gasteiger charge is -2.27. The zero-order chi connectivity index (χ0) is 21.6. The van der Waals surface area contributed by atoms with Gasteiger partial charge in [-0.15, -0.1) is 0 Å². The van der Waals surface area contributed by atoms with Gasteiger partial charge >= 0.3 is 0 Å². The van der Waals surface area contributed by atoms with Crippen molar-refractivity contribution in [1.82, 2.24) is 4.90 Å². The topological polar surface area (TPSA) is 70.7 Å². The number of nitrogens with one attached hydrogen (secondary N) is 2. The van der Waals surface area contributed by atoms with Gasteiger partial charge in [0.05, 0.1) is 24.3 Å². The summed E-state index contributed by atoms with van der Waals surface area (Å²) < 4.78 is 5.40. The van der Waals surface area contributed by atoms with Crippen LogP contribution in [0.25, 0.3) is 0 Å². The zero-order valence-electron chi connectivity index (χ0n) is 18.2. The number of hydrogen-bond donors (Lipinski definition) is 2. The molecule has 1 saturated heterocycles. The third-order valence-corrected chi connectivity index (χ3v) is 5.99. The molecule has 1 aliphatic heterocycles. The first kappa shape index (κ1) is 21.5. The van der Waals surface area contributed by atoms with Gasteiger partial charge in [-0.25, -0.2) is 0 Å². The lowest BCUT2D eigenvalue weighted by Crippen LogP contribution is -2.37. The number of carbonyl (C=O) groups is 2. The summed E-state index contributed by atoms with van der Waals surface area (Å²) in [6.45, 7) is 8.17. The van der Waals surface area contributed by atoms with E-state index >= 15 is 0 Å². The third kappa shape index (κ3) is 4.65. The van der Waals surface area contributed by atoms with Gasteiger partial charge in [0.25, 0.3) is 0 Å². The van der Waals surface area contributed by atoms with Crippen LogP contribution in [0.2, 0.25) is 0 Å². The van der Waals surface area contributed by atoms with Gasteiger partial charge in [0.2, 0.25) is 0 Å². The van der Waals surface area contributed by atoms with Crippen molar-refractivity contribution in [2.75, 3.05) is 56.6 Å². The molecule has 6 nitrogen and oxygen atoms in total. The monoisotopic (exact) mass is 421 g/mol. The van der Waals surface area contributed by atoms with Crippen LogP contribution in [0.4, 0.5) is 11.4 Å². The second-order valence-corrected chi connectivity index (χ2v) is 8.13. The van der Waals surface area contributed by atoms with Crippen LogP contribution in [0.15, 0.2) is 36.4 Å². The molecule has 0 saturated carbocycles. The van der Waals surface area contributed by atoms with Gasteiger partial charge in [-0.1, -0.05) is 37.6 Å². The van der Waals surface area contributed by atoms with E-state index in [2.05, 4.69) is 22.5 Å². The Bertz CT molecular complexity index is 951. The van der Waals surface area contributed by atoms with Gasteiger partial charge in [-0.05, 0) is 31.5 Å². The maximum absolute atomic E-state index is 13.4. The average molecular weight is 422 g/mol. The molecule has 1 heterocycles. The number of fused-ring (bicyclic) bond motifs is 2. The van der Waals surface area contributed by atoms with Gasteiger partial charge in [0.1, 0.15) is 0 Å². The summed E-state index contributed by atoms with van der Waals surface area (Å²) in [5.41, 5.74) is 3.46. The van der Waals surface area contributed by atoms with Crippen LogP contribution in [-0.2, 0) is 4.74 Å². The second-order valence-electron chi connectivity index (χ2n) is 8.13. The van der Waals surface area contributed by atoms with Crippen LogP contribution in [0.5, 0.6) is 0 Å². The molecule has 0 radical (unpaired) electrons. The minimum atomic E-state index is -0.0833. The number of ketones is 2. The van der Waals surface area contributed by atoms with Crippen LogP contribution in [-0.4, -0.2) is 62.4 Å². The van der Waals surface area contributed by atoms with Gasteiger partial charge in [0, 0.05) is 48.7 Å². The van der Waals surface area contributed by atoms with E-state index in [1.54, 1.807) is 12.1 Å². The third-order valence-electron chi connectivity index (χ3n) is 5.99. The Hall–Kier alpha value is -2.70. The largest absolute Gasteiger partial charge is 0.384 e. The fourth-order valence-electron chi connectivity index (χ4n) is 4.27.